The molecule has 0 amide bonds. The monoisotopic (exact) mass is 255 g/mol. The van der Waals surface area contributed by atoms with Crippen molar-refractivity contribution in [3.63, 3.8) is 0 Å². The van der Waals surface area contributed by atoms with Crippen molar-refractivity contribution in [3.05, 3.63) is 11.7 Å². The highest BCUT2D eigenvalue weighted by molar-refractivity contribution is 7.99. The largest absolute Gasteiger partial charge is 0.338 e. The summed E-state index contributed by atoms with van der Waals surface area (Å²) in [6.07, 6.45) is 2.36. The van der Waals surface area contributed by atoms with Crippen molar-refractivity contribution in [2.45, 2.75) is 50.7 Å². The van der Waals surface area contributed by atoms with Gasteiger partial charge < -0.3 is 9.84 Å². The van der Waals surface area contributed by atoms with Crippen molar-refractivity contribution in [1.82, 2.24) is 15.5 Å². The Bertz CT molecular complexity index is 355. The van der Waals surface area contributed by atoms with E-state index in [0.717, 1.165) is 24.0 Å². The van der Waals surface area contributed by atoms with Crippen molar-refractivity contribution in [2.75, 3.05) is 6.54 Å². The minimum absolute atomic E-state index is 0.254. The van der Waals surface area contributed by atoms with Crippen LogP contribution >= 0.6 is 11.8 Å². The molecule has 4 nitrogen and oxygen atoms in total. The van der Waals surface area contributed by atoms with Gasteiger partial charge in [0.05, 0.1) is 11.8 Å². The second kappa shape index (κ2) is 5.87. The van der Waals surface area contributed by atoms with Gasteiger partial charge in [0.25, 0.3) is 0 Å². The summed E-state index contributed by atoms with van der Waals surface area (Å²) in [4.78, 5) is 4.49. The lowest BCUT2D eigenvalue weighted by atomic mass is 10.0. The third-order valence-corrected chi connectivity index (χ3v) is 4.68. The minimum Gasteiger partial charge on any atom is -0.338 e. The third kappa shape index (κ3) is 3.22. The number of hydrogen-bond donors (Lipinski definition) is 1. The Kier molecular flexibility index (Phi) is 4.45. The highest BCUT2D eigenvalue weighted by Crippen LogP contribution is 2.28. The van der Waals surface area contributed by atoms with Gasteiger partial charge in [0.15, 0.2) is 5.82 Å². The van der Waals surface area contributed by atoms with Crippen LogP contribution in [0.25, 0.3) is 0 Å². The van der Waals surface area contributed by atoms with Crippen LogP contribution in [0.3, 0.4) is 0 Å². The molecule has 0 radical (unpaired) electrons. The molecule has 2 heterocycles. The normalized spacial score (nSPS) is 26.3. The Morgan fingerprint density at radius 1 is 1.59 bits per heavy atom. The van der Waals surface area contributed by atoms with E-state index in [1.807, 2.05) is 11.8 Å². The molecular weight excluding hydrogens is 234 g/mol. The average molecular weight is 255 g/mol. The number of rotatable bonds is 5. The van der Waals surface area contributed by atoms with E-state index in [0.29, 0.717) is 11.2 Å². The maximum atomic E-state index is 5.35. The van der Waals surface area contributed by atoms with Crippen LogP contribution in [-0.2, 0) is 5.75 Å². The van der Waals surface area contributed by atoms with Crippen LogP contribution in [0.2, 0.25) is 0 Å². The lowest BCUT2D eigenvalue weighted by Crippen LogP contribution is -2.16. The second-order valence-electron chi connectivity index (χ2n) is 4.78. The van der Waals surface area contributed by atoms with E-state index in [-0.39, 0.29) is 6.04 Å². The van der Waals surface area contributed by atoms with Gasteiger partial charge in [-0.2, -0.15) is 16.7 Å². The van der Waals surface area contributed by atoms with Crippen molar-refractivity contribution in [2.24, 2.45) is 5.92 Å². The standard InChI is InChI=1S/C12H21N3OS/c1-4-9(3)17-7-10-14-12(16-15-10)11-8(2)5-6-13-11/h8-9,11,13H,4-7H2,1-3H3. The highest BCUT2D eigenvalue weighted by atomic mass is 32.2. The first-order valence-electron chi connectivity index (χ1n) is 6.38. The fraction of sp³-hybridized carbons (Fsp3) is 0.833. The molecule has 2 rings (SSSR count). The maximum Gasteiger partial charge on any atom is 0.244 e. The Labute approximate surface area is 107 Å². The molecule has 3 atom stereocenters. The van der Waals surface area contributed by atoms with E-state index in [2.05, 4.69) is 36.2 Å². The molecular formula is C12H21N3OS. The molecule has 1 fully saturated rings. The van der Waals surface area contributed by atoms with Gasteiger partial charge in [0.1, 0.15) is 0 Å². The van der Waals surface area contributed by atoms with E-state index in [4.69, 9.17) is 4.52 Å². The molecule has 3 unspecified atom stereocenters. The summed E-state index contributed by atoms with van der Waals surface area (Å²) in [6.45, 7) is 7.70. The fourth-order valence-corrected chi connectivity index (χ4v) is 2.74. The molecule has 0 aliphatic carbocycles. The quantitative estimate of drug-likeness (QED) is 0.876. The smallest absolute Gasteiger partial charge is 0.244 e. The Hall–Kier alpha value is -0.550. The Balaban J connectivity index is 1.91. The van der Waals surface area contributed by atoms with Gasteiger partial charge in [0.2, 0.25) is 5.89 Å². The zero-order chi connectivity index (χ0) is 12.3. The molecule has 5 heteroatoms. The van der Waals surface area contributed by atoms with Crippen LogP contribution in [0.4, 0.5) is 0 Å². The van der Waals surface area contributed by atoms with Crippen LogP contribution in [0, 0.1) is 5.92 Å². The SMILES string of the molecule is CCC(C)SCc1noc(C2NCCC2C)n1. The molecule has 0 spiro atoms. The number of nitrogens with zero attached hydrogens (tertiary/aromatic N) is 2. The summed E-state index contributed by atoms with van der Waals surface area (Å²) in [5, 5.41) is 8.12. The second-order valence-corrected chi connectivity index (χ2v) is 6.20. The lowest BCUT2D eigenvalue weighted by molar-refractivity contribution is 0.317. The number of thioether (sulfide) groups is 1. The predicted octanol–water partition coefficient (Wildman–Crippen LogP) is 2.77. The van der Waals surface area contributed by atoms with E-state index in [1.165, 1.54) is 12.8 Å². The number of nitrogens with one attached hydrogen (secondary N) is 1. The minimum atomic E-state index is 0.254. The van der Waals surface area contributed by atoms with Crippen LogP contribution in [0.15, 0.2) is 4.52 Å². The zero-order valence-corrected chi connectivity index (χ0v) is 11.6. The lowest BCUT2D eigenvalue weighted by Gasteiger charge is -2.09. The first kappa shape index (κ1) is 12.9. The summed E-state index contributed by atoms with van der Waals surface area (Å²) in [5.41, 5.74) is 0. The van der Waals surface area contributed by atoms with Gasteiger partial charge in [-0.05, 0) is 25.3 Å². The molecule has 17 heavy (non-hydrogen) atoms. The summed E-state index contributed by atoms with van der Waals surface area (Å²) in [5.74, 6) is 3.02. The van der Waals surface area contributed by atoms with E-state index < -0.39 is 0 Å². The van der Waals surface area contributed by atoms with Crippen molar-refractivity contribution in [1.29, 1.82) is 0 Å². The first-order valence-corrected chi connectivity index (χ1v) is 7.43. The van der Waals surface area contributed by atoms with Crippen LogP contribution in [0.5, 0.6) is 0 Å². The van der Waals surface area contributed by atoms with Crippen LogP contribution < -0.4 is 5.32 Å². The molecule has 1 N–H and O–H groups in total. The first-order chi connectivity index (χ1) is 8.20. The van der Waals surface area contributed by atoms with Crippen LogP contribution in [-0.4, -0.2) is 21.9 Å². The van der Waals surface area contributed by atoms with Gasteiger partial charge in [-0.25, -0.2) is 0 Å². The molecule has 1 saturated heterocycles. The topological polar surface area (TPSA) is 51.0 Å². The van der Waals surface area contributed by atoms with E-state index in [9.17, 15) is 0 Å². The molecule has 96 valence electrons. The van der Waals surface area contributed by atoms with E-state index in [1.54, 1.807) is 0 Å². The van der Waals surface area contributed by atoms with Crippen molar-refractivity contribution >= 4 is 11.8 Å². The summed E-state index contributed by atoms with van der Waals surface area (Å²) >= 11 is 1.88. The van der Waals surface area contributed by atoms with Gasteiger partial charge in [-0.15, -0.1) is 0 Å². The molecule has 1 aromatic heterocycles. The van der Waals surface area contributed by atoms with E-state index >= 15 is 0 Å². The average Bonchev–Trinajstić information content (AvgIpc) is 2.94. The Morgan fingerprint density at radius 2 is 2.41 bits per heavy atom. The fourth-order valence-electron chi connectivity index (χ4n) is 1.95. The van der Waals surface area contributed by atoms with Crippen molar-refractivity contribution in [3.8, 4) is 0 Å². The molecule has 0 saturated carbocycles. The summed E-state index contributed by atoms with van der Waals surface area (Å²) < 4.78 is 5.35. The van der Waals surface area contributed by atoms with Crippen molar-refractivity contribution < 1.29 is 4.52 Å². The molecule has 0 bridgehead atoms. The molecule has 1 aliphatic rings. The highest BCUT2D eigenvalue weighted by Gasteiger charge is 2.29. The predicted molar refractivity (Wildman–Crippen MR) is 69.9 cm³/mol. The number of hydrogen-bond acceptors (Lipinski definition) is 5. The molecule has 1 aliphatic heterocycles. The third-order valence-electron chi connectivity index (χ3n) is 3.35. The van der Waals surface area contributed by atoms with Crippen LogP contribution in [0.1, 0.15) is 51.4 Å². The number of aromatic nitrogens is 2. The van der Waals surface area contributed by atoms with Gasteiger partial charge >= 0.3 is 0 Å². The van der Waals surface area contributed by atoms with Gasteiger partial charge in [0, 0.05) is 5.25 Å². The maximum absolute atomic E-state index is 5.35. The summed E-state index contributed by atoms with van der Waals surface area (Å²) in [6, 6.07) is 0.254. The van der Waals surface area contributed by atoms with Gasteiger partial charge in [-0.1, -0.05) is 25.9 Å². The molecule has 1 aromatic rings. The Morgan fingerprint density at radius 3 is 3.06 bits per heavy atom. The molecule has 0 aromatic carbocycles. The summed E-state index contributed by atoms with van der Waals surface area (Å²) in [7, 11) is 0. The van der Waals surface area contributed by atoms with Gasteiger partial charge in [-0.3, -0.25) is 0 Å². The zero-order valence-electron chi connectivity index (χ0n) is 10.8.